The molecule has 0 spiro atoms. The smallest absolute Gasteiger partial charge is 0.291 e. The zero-order valence-corrected chi connectivity index (χ0v) is 13.2. The molecule has 1 amide bonds. The van der Waals surface area contributed by atoms with Crippen molar-refractivity contribution in [2.45, 2.75) is 6.92 Å². The van der Waals surface area contributed by atoms with Crippen LogP contribution in [0.25, 0.3) is 10.8 Å². The van der Waals surface area contributed by atoms with E-state index in [1.807, 2.05) is 30.3 Å². The van der Waals surface area contributed by atoms with Gasteiger partial charge < -0.3 is 5.32 Å². The normalized spacial score (nSPS) is 9.88. The van der Waals surface area contributed by atoms with Gasteiger partial charge in [0.05, 0.1) is 0 Å². The van der Waals surface area contributed by atoms with E-state index in [-0.39, 0.29) is 0 Å². The zero-order chi connectivity index (χ0) is 16.9. The lowest BCUT2D eigenvalue weighted by Gasteiger charge is -2.02. The van der Waals surface area contributed by atoms with Gasteiger partial charge >= 0.3 is 0 Å². The van der Waals surface area contributed by atoms with Crippen molar-refractivity contribution in [2.75, 3.05) is 5.32 Å². The summed E-state index contributed by atoms with van der Waals surface area (Å²) in [6.45, 7) is 1.23. The van der Waals surface area contributed by atoms with Gasteiger partial charge in [0.15, 0.2) is 0 Å². The van der Waals surface area contributed by atoms with Gasteiger partial charge in [-0.15, -0.1) is 0 Å². The third kappa shape index (κ3) is 3.68. The van der Waals surface area contributed by atoms with E-state index in [0.717, 1.165) is 16.5 Å². The highest BCUT2D eigenvalue weighted by Gasteiger charge is 2.06. The number of hydrogen-bond acceptors (Lipinski definition) is 2. The molecule has 0 aliphatic rings. The van der Waals surface area contributed by atoms with Crippen LogP contribution in [0.4, 0.5) is 5.69 Å². The van der Waals surface area contributed by atoms with Crippen molar-refractivity contribution in [3.05, 3.63) is 77.9 Å². The van der Waals surface area contributed by atoms with Gasteiger partial charge in [0, 0.05) is 23.7 Å². The van der Waals surface area contributed by atoms with E-state index in [2.05, 4.69) is 41.4 Å². The van der Waals surface area contributed by atoms with Gasteiger partial charge in [-0.05, 0) is 47.2 Å². The Morgan fingerprint density at radius 1 is 0.792 bits per heavy atom. The molecule has 0 unspecified atom stereocenters. The van der Waals surface area contributed by atoms with Crippen molar-refractivity contribution in [3.63, 3.8) is 0 Å². The van der Waals surface area contributed by atoms with E-state index in [0.29, 0.717) is 5.69 Å². The number of nitrogens with one attached hydrogen (secondary N) is 1. The molecule has 0 aromatic heterocycles. The fraction of sp³-hybridized carbons (Fsp3) is 0.0476. The predicted octanol–water partition coefficient (Wildman–Crippen LogP) is 3.77. The number of anilines is 1. The molecular formula is C21H15NO2. The van der Waals surface area contributed by atoms with Crippen LogP contribution in [0.3, 0.4) is 0 Å². The van der Waals surface area contributed by atoms with Crippen molar-refractivity contribution in [2.24, 2.45) is 0 Å². The number of benzene rings is 3. The number of carbonyl (C=O) groups is 2. The average molecular weight is 313 g/mol. The lowest BCUT2D eigenvalue weighted by atomic mass is 10.1. The topological polar surface area (TPSA) is 46.2 Å². The Kier molecular flexibility index (Phi) is 4.40. The Morgan fingerprint density at radius 3 is 2.12 bits per heavy atom. The van der Waals surface area contributed by atoms with Crippen LogP contribution in [0.1, 0.15) is 18.1 Å². The maximum atomic E-state index is 11.3. The van der Waals surface area contributed by atoms with Crippen LogP contribution >= 0.6 is 0 Å². The molecule has 0 atom stereocenters. The fourth-order valence-electron chi connectivity index (χ4n) is 2.27. The first-order valence-corrected chi connectivity index (χ1v) is 7.54. The highest BCUT2D eigenvalue weighted by Crippen LogP contribution is 2.15. The average Bonchev–Trinajstić information content (AvgIpc) is 2.61. The van der Waals surface area contributed by atoms with Crippen LogP contribution in [0.15, 0.2) is 66.7 Å². The van der Waals surface area contributed by atoms with E-state index in [4.69, 9.17) is 0 Å². The Balaban J connectivity index is 1.77. The van der Waals surface area contributed by atoms with Gasteiger partial charge in [-0.3, -0.25) is 9.59 Å². The molecule has 24 heavy (non-hydrogen) atoms. The maximum absolute atomic E-state index is 11.3. The first kappa shape index (κ1) is 15.5. The number of rotatable bonds is 2. The first-order valence-electron chi connectivity index (χ1n) is 7.54. The first-order chi connectivity index (χ1) is 11.6. The largest absolute Gasteiger partial charge is 0.319 e. The Hall–Kier alpha value is -3.38. The number of ketones is 1. The lowest BCUT2D eigenvalue weighted by molar-refractivity contribution is -0.133. The molecule has 0 saturated heterocycles. The molecular weight excluding hydrogens is 298 g/mol. The van der Waals surface area contributed by atoms with Crippen molar-refractivity contribution < 1.29 is 9.59 Å². The number of carbonyl (C=O) groups excluding carboxylic acids is 2. The van der Waals surface area contributed by atoms with Crippen molar-refractivity contribution in [3.8, 4) is 11.8 Å². The summed E-state index contributed by atoms with van der Waals surface area (Å²) in [6.07, 6.45) is 0. The SMILES string of the molecule is CC(=O)C(=O)Nc1ccc(C#Cc2ccc3ccccc3c2)cc1. The van der Waals surface area contributed by atoms with Crippen molar-refractivity contribution in [1.82, 2.24) is 0 Å². The standard InChI is InChI=1S/C21H15NO2/c1-15(23)21(24)22-20-12-9-16(10-13-20)6-7-17-8-11-18-4-2-3-5-19(18)14-17/h2-5,8-14H,1H3,(H,22,24). The maximum Gasteiger partial charge on any atom is 0.291 e. The van der Waals surface area contributed by atoms with Gasteiger partial charge in [-0.25, -0.2) is 0 Å². The summed E-state index contributed by atoms with van der Waals surface area (Å²) in [5.74, 6) is 5.10. The second kappa shape index (κ2) is 6.80. The van der Waals surface area contributed by atoms with Gasteiger partial charge in [-0.1, -0.05) is 42.2 Å². The van der Waals surface area contributed by atoms with Crippen LogP contribution in [-0.2, 0) is 9.59 Å². The summed E-state index contributed by atoms with van der Waals surface area (Å²) in [6, 6.07) is 21.3. The van der Waals surface area contributed by atoms with Crippen molar-refractivity contribution in [1.29, 1.82) is 0 Å². The van der Waals surface area contributed by atoms with E-state index in [1.165, 1.54) is 12.3 Å². The molecule has 0 heterocycles. The molecule has 0 saturated carbocycles. The summed E-state index contributed by atoms with van der Waals surface area (Å²) in [4.78, 5) is 22.3. The molecule has 3 aromatic rings. The molecule has 116 valence electrons. The van der Waals surface area contributed by atoms with Crippen LogP contribution in [0.5, 0.6) is 0 Å². The number of amides is 1. The highest BCUT2D eigenvalue weighted by molar-refractivity contribution is 6.39. The molecule has 0 radical (unpaired) electrons. The van der Waals surface area contributed by atoms with Gasteiger partial charge in [-0.2, -0.15) is 0 Å². The molecule has 3 heteroatoms. The highest BCUT2D eigenvalue weighted by atomic mass is 16.2. The van der Waals surface area contributed by atoms with Crippen LogP contribution in [0.2, 0.25) is 0 Å². The van der Waals surface area contributed by atoms with E-state index < -0.39 is 11.7 Å². The fourth-order valence-corrected chi connectivity index (χ4v) is 2.27. The molecule has 1 N–H and O–H groups in total. The third-order valence-electron chi connectivity index (χ3n) is 3.56. The summed E-state index contributed by atoms with van der Waals surface area (Å²) in [5, 5.41) is 4.87. The monoisotopic (exact) mass is 313 g/mol. The summed E-state index contributed by atoms with van der Waals surface area (Å²) in [7, 11) is 0. The summed E-state index contributed by atoms with van der Waals surface area (Å²) >= 11 is 0. The van der Waals surface area contributed by atoms with Gasteiger partial charge in [0.1, 0.15) is 0 Å². The second-order valence-corrected chi connectivity index (χ2v) is 5.40. The van der Waals surface area contributed by atoms with E-state index in [1.54, 1.807) is 12.1 Å². The second-order valence-electron chi connectivity index (χ2n) is 5.40. The molecule has 3 nitrogen and oxygen atoms in total. The van der Waals surface area contributed by atoms with E-state index >= 15 is 0 Å². The van der Waals surface area contributed by atoms with Crippen LogP contribution < -0.4 is 5.32 Å². The Bertz CT molecular complexity index is 976. The van der Waals surface area contributed by atoms with Crippen molar-refractivity contribution >= 4 is 28.2 Å². The quantitative estimate of drug-likeness (QED) is 0.578. The Labute approximate surface area is 140 Å². The number of fused-ring (bicyclic) bond motifs is 1. The zero-order valence-electron chi connectivity index (χ0n) is 13.2. The van der Waals surface area contributed by atoms with E-state index in [9.17, 15) is 9.59 Å². The minimum absolute atomic E-state index is 0.518. The summed E-state index contributed by atoms with van der Waals surface area (Å²) in [5.41, 5.74) is 2.36. The van der Waals surface area contributed by atoms with Gasteiger partial charge in [0.25, 0.3) is 5.91 Å². The molecule has 3 aromatic carbocycles. The third-order valence-corrected chi connectivity index (χ3v) is 3.56. The lowest BCUT2D eigenvalue weighted by Crippen LogP contribution is -2.19. The van der Waals surface area contributed by atoms with Gasteiger partial charge in [0.2, 0.25) is 5.78 Å². The summed E-state index contributed by atoms with van der Waals surface area (Å²) < 4.78 is 0. The molecule has 0 fully saturated rings. The Morgan fingerprint density at radius 2 is 1.42 bits per heavy atom. The van der Waals surface area contributed by atoms with Crippen LogP contribution in [-0.4, -0.2) is 11.7 Å². The molecule has 0 aliphatic heterocycles. The van der Waals surface area contributed by atoms with Crippen LogP contribution in [0, 0.1) is 11.8 Å². The predicted molar refractivity (Wildman–Crippen MR) is 95.7 cm³/mol. The molecule has 3 rings (SSSR count). The minimum Gasteiger partial charge on any atom is -0.319 e. The number of Topliss-reactive ketones (excluding diaryl/α,β-unsaturated/α-hetero) is 1. The molecule has 0 bridgehead atoms. The number of hydrogen-bond donors (Lipinski definition) is 1. The minimum atomic E-state index is -0.620. The molecule has 0 aliphatic carbocycles.